The molecule has 8 N–H and O–H groups in total. The molecule has 0 spiro atoms. The summed E-state index contributed by atoms with van der Waals surface area (Å²) in [5, 5.41) is 0. The number of hydrogen-bond acceptors (Lipinski definition) is 8. The molecule has 6 aromatic carbocycles. The lowest BCUT2D eigenvalue weighted by molar-refractivity contribution is 0.466. The van der Waals surface area contributed by atoms with E-state index in [0.29, 0.717) is 0 Å². The number of nitrogens with two attached hydrogens (primary N) is 4. The van der Waals surface area contributed by atoms with Crippen LogP contribution in [0.1, 0.15) is 22.3 Å². The molecule has 48 heavy (non-hydrogen) atoms. The normalized spacial score (nSPS) is 10.4. The fourth-order valence-corrected chi connectivity index (χ4v) is 4.68. The molecule has 0 bridgehead atoms. The van der Waals surface area contributed by atoms with Crippen LogP contribution in [0, 0.1) is 27.7 Å². The van der Waals surface area contributed by atoms with Gasteiger partial charge in [-0.2, -0.15) is 0 Å². The maximum atomic E-state index is 5.88. The van der Waals surface area contributed by atoms with Crippen LogP contribution in [-0.4, -0.2) is 0 Å². The highest BCUT2D eigenvalue weighted by Crippen LogP contribution is 2.32. The van der Waals surface area contributed by atoms with E-state index in [4.69, 9.17) is 41.9 Å². The molecular weight excluding hydrogens is 600 g/mol. The van der Waals surface area contributed by atoms with Gasteiger partial charge < -0.3 is 41.9 Å². The number of nitrogen functional groups attached to an aromatic ring is 4. The molecule has 6 rings (SSSR count). The quantitative estimate of drug-likeness (QED) is 0.120. The molecular formula is C40H40N4O4. The van der Waals surface area contributed by atoms with E-state index in [1.54, 1.807) is 0 Å². The summed E-state index contributed by atoms with van der Waals surface area (Å²) < 4.78 is 23.4. The molecule has 0 saturated carbocycles. The van der Waals surface area contributed by atoms with Crippen molar-refractivity contribution in [3.8, 4) is 46.0 Å². The van der Waals surface area contributed by atoms with Gasteiger partial charge in [0.1, 0.15) is 46.0 Å². The number of ether oxygens (including phenoxy) is 4. The van der Waals surface area contributed by atoms with E-state index in [0.717, 1.165) is 91.0 Å². The van der Waals surface area contributed by atoms with Crippen LogP contribution in [0.2, 0.25) is 0 Å². The maximum absolute atomic E-state index is 5.88. The lowest BCUT2D eigenvalue weighted by Crippen LogP contribution is -1.92. The van der Waals surface area contributed by atoms with Crippen molar-refractivity contribution in [3.05, 3.63) is 144 Å². The van der Waals surface area contributed by atoms with Crippen LogP contribution in [0.25, 0.3) is 0 Å². The minimum atomic E-state index is 0.725. The van der Waals surface area contributed by atoms with E-state index in [9.17, 15) is 0 Å². The van der Waals surface area contributed by atoms with Gasteiger partial charge in [0.15, 0.2) is 0 Å². The SMILES string of the molecule is Cc1cc(N)ccc1Oc1ccc(Oc2ccc(N)cc2C)cc1.Cc1cc(Oc2ccc(Oc3ccc(N)c(C)c3)cc2)ccc1N. The van der Waals surface area contributed by atoms with Gasteiger partial charge in [0, 0.05) is 22.7 Å². The summed E-state index contributed by atoms with van der Waals surface area (Å²) in [5.74, 6) is 6.03. The van der Waals surface area contributed by atoms with E-state index in [1.807, 2.05) is 149 Å². The summed E-state index contributed by atoms with van der Waals surface area (Å²) in [7, 11) is 0. The summed E-state index contributed by atoms with van der Waals surface area (Å²) >= 11 is 0. The average molecular weight is 641 g/mol. The van der Waals surface area contributed by atoms with Gasteiger partial charge in [0.2, 0.25) is 0 Å². The third-order valence-corrected chi connectivity index (χ3v) is 7.45. The second-order valence-corrected chi connectivity index (χ2v) is 11.4. The van der Waals surface area contributed by atoms with Gasteiger partial charge in [-0.15, -0.1) is 0 Å². The topological polar surface area (TPSA) is 141 Å². The Labute approximate surface area is 281 Å². The largest absolute Gasteiger partial charge is 0.457 e. The molecule has 0 aliphatic rings. The number of hydrogen-bond donors (Lipinski definition) is 4. The van der Waals surface area contributed by atoms with Crippen LogP contribution in [-0.2, 0) is 0 Å². The number of rotatable bonds is 8. The number of aryl methyl sites for hydroxylation is 4. The lowest BCUT2D eigenvalue weighted by Gasteiger charge is -2.11. The van der Waals surface area contributed by atoms with E-state index < -0.39 is 0 Å². The lowest BCUT2D eigenvalue weighted by atomic mass is 10.2. The van der Waals surface area contributed by atoms with Gasteiger partial charge in [-0.3, -0.25) is 0 Å². The minimum Gasteiger partial charge on any atom is -0.457 e. The number of anilines is 4. The van der Waals surface area contributed by atoms with Gasteiger partial charge in [0.05, 0.1) is 0 Å². The summed E-state index contributed by atoms with van der Waals surface area (Å²) in [6.45, 7) is 7.83. The molecule has 244 valence electrons. The van der Waals surface area contributed by atoms with Crippen molar-refractivity contribution in [2.24, 2.45) is 0 Å². The van der Waals surface area contributed by atoms with Gasteiger partial charge in [-0.05, 0) is 171 Å². The molecule has 0 atom stereocenters. The molecule has 8 heteroatoms. The van der Waals surface area contributed by atoms with E-state index in [2.05, 4.69) is 0 Å². The molecule has 0 heterocycles. The summed E-state index contributed by atoms with van der Waals surface area (Å²) in [6.07, 6.45) is 0. The van der Waals surface area contributed by atoms with Crippen LogP contribution in [0.3, 0.4) is 0 Å². The van der Waals surface area contributed by atoms with Crippen molar-refractivity contribution in [2.75, 3.05) is 22.9 Å². The molecule has 0 aliphatic heterocycles. The monoisotopic (exact) mass is 640 g/mol. The third kappa shape index (κ3) is 8.92. The van der Waals surface area contributed by atoms with Gasteiger partial charge in [-0.25, -0.2) is 0 Å². The van der Waals surface area contributed by atoms with Crippen molar-refractivity contribution < 1.29 is 18.9 Å². The summed E-state index contributed by atoms with van der Waals surface area (Å²) in [4.78, 5) is 0. The molecule has 0 unspecified atom stereocenters. The third-order valence-electron chi connectivity index (χ3n) is 7.45. The first-order chi connectivity index (χ1) is 23.0. The van der Waals surface area contributed by atoms with Gasteiger partial charge >= 0.3 is 0 Å². The van der Waals surface area contributed by atoms with Crippen LogP contribution in [0.15, 0.2) is 121 Å². The second kappa shape index (κ2) is 14.9. The molecule has 0 amide bonds. The molecule has 6 aromatic rings. The zero-order valence-corrected chi connectivity index (χ0v) is 27.5. The van der Waals surface area contributed by atoms with Gasteiger partial charge in [0.25, 0.3) is 0 Å². The molecule has 0 aliphatic carbocycles. The van der Waals surface area contributed by atoms with Crippen LogP contribution >= 0.6 is 0 Å². The highest BCUT2D eigenvalue weighted by atomic mass is 16.5. The zero-order chi connectivity index (χ0) is 34.2. The molecule has 0 aromatic heterocycles. The van der Waals surface area contributed by atoms with Crippen LogP contribution in [0.5, 0.6) is 46.0 Å². The second-order valence-electron chi connectivity index (χ2n) is 11.4. The predicted molar refractivity (Wildman–Crippen MR) is 196 cm³/mol. The minimum absolute atomic E-state index is 0.725. The maximum Gasteiger partial charge on any atom is 0.130 e. The molecule has 0 radical (unpaired) electrons. The van der Waals surface area contributed by atoms with Crippen molar-refractivity contribution in [2.45, 2.75) is 27.7 Å². The van der Waals surface area contributed by atoms with Crippen molar-refractivity contribution in [3.63, 3.8) is 0 Å². The summed E-state index contributed by atoms with van der Waals surface area (Å²) in [5.41, 5.74) is 30.1. The van der Waals surface area contributed by atoms with E-state index in [1.165, 1.54) is 0 Å². The Kier molecular flexibility index (Phi) is 10.3. The highest BCUT2D eigenvalue weighted by Gasteiger charge is 2.06. The Morgan fingerprint density at radius 3 is 0.938 bits per heavy atom. The smallest absolute Gasteiger partial charge is 0.130 e. The van der Waals surface area contributed by atoms with E-state index >= 15 is 0 Å². The molecule has 0 saturated heterocycles. The Morgan fingerprint density at radius 1 is 0.312 bits per heavy atom. The first-order valence-electron chi connectivity index (χ1n) is 15.4. The molecule has 8 nitrogen and oxygen atoms in total. The first-order valence-corrected chi connectivity index (χ1v) is 15.4. The zero-order valence-electron chi connectivity index (χ0n) is 27.5. The van der Waals surface area contributed by atoms with Crippen molar-refractivity contribution in [1.82, 2.24) is 0 Å². The van der Waals surface area contributed by atoms with Crippen LogP contribution in [0.4, 0.5) is 22.7 Å². The fraction of sp³-hybridized carbons (Fsp3) is 0.100. The van der Waals surface area contributed by atoms with E-state index in [-0.39, 0.29) is 0 Å². The van der Waals surface area contributed by atoms with Crippen molar-refractivity contribution >= 4 is 22.7 Å². The van der Waals surface area contributed by atoms with Crippen molar-refractivity contribution in [1.29, 1.82) is 0 Å². The Balaban J connectivity index is 0.000000188. The first kappa shape index (κ1) is 33.1. The Morgan fingerprint density at radius 2 is 0.625 bits per heavy atom. The van der Waals surface area contributed by atoms with Crippen LogP contribution < -0.4 is 41.9 Å². The highest BCUT2D eigenvalue weighted by molar-refractivity contribution is 5.53. The summed E-state index contributed by atoms with van der Waals surface area (Å²) in [6, 6.07) is 37.3. The Bertz CT molecular complexity index is 1860. The fourth-order valence-electron chi connectivity index (χ4n) is 4.68. The van der Waals surface area contributed by atoms with Gasteiger partial charge in [-0.1, -0.05) is 0 Å². The standard InChI is InChI=1S/2C20H20N2O2/c1-13-11-15(21)3-9-19(13)23-17-5-7-18(8-6-17)24-20-10-4-16(22)12-14(20)2;1-13-11-17(7-9-19(13)21)23-15-3-5-16(6-4-15)24-18-8-10-20(22)14(2)12-18/h2*3-12H,21-22H2,1-2H3. The average Bonchev–Trinajstić information content (AvgIpc) is 3.05. The number of benzene rings is 6. The predicted octanol–water partition coefficient (Wildman–Crippen LogP) is 10.1. The molecule has 0 fully saturated rings. The Hall–Kier alpha value is -6.28.